The Kier molecular flexibility index (Phi) is 4.34. The third-order valence-corrected chi connectivity index (χ3v) is 3.52. The highest BCUT2D eigenvalue weighted by atomic mass is 35.5. The van der Waals surface area contributed by atoms with Crippen molar-refractivity contribution in [2.75, 3.05) is 7.05 Å². The molecule has 0 amide bonds. The molecule has 0 aliphatic heterocycles. The molecule has 0 aliphatic carbocycles. The van der Waals surface area contributed by atoms with Crippen LogP contribution in [0.3, 0.4) is 0 Å². The molecule has 0 spiro atoms. The van der Waals surface area contributed by atoms with E-state index in [1.54, 1.807) is 6.20 Å². The Bertz CT molecular complexity index is 499. The first-order valence-electron chi connectivity index (χ1n) is 6.02. The summed E-state index contributed by atoms with van der Waals surface area (Å²) < 4.78 is 0. The van der Waals surface area contributed by atoms with Crippen LogP contribution in [0.5, 0.6) is 0 Å². The van der Waals surface area contributed by atoms with E-state index in [0.717, 1.165) is 17.1 Å². The number of hydrogen-bond donors (Lipinski definition) is 0. The number of hydrogen-bond acceptors (Lipinski definition) is 2. The van der Waals surface area contributed by atoms with Crippen molar-refractivity contribution in [1.82, 2.24) is 9.88 Å². The zero-order valence-electron chi connectivity index (χ0n) is 10.7. The molecule has 2 nitrogen and oxygen atoms in total. The van der Waals surface area contributed by atoms with Crippen LogP contribution < -0.4 is 0 Å². The van der Waals surface area contributed by atoms with E-state index in [1.807, 2.05) is 30.5 Å². The Balaban J connectivity index is 2.10. The molecule has 1 aromatic heterocycles. The van der Waals surface area contributed by atoms with E-state index in [9.17, 15) is 0 Å². The van der Waals surface area contributed by atoms with Crippen LogP contribution in [0.1, 0.15) is 24.1 Å². The Morgan fingerprint density at radius 3 is 2.67 bits per heavy atom. The number of nitrogens with zero attached hydrogens (tertiary/aromatic N) is 2. The lowest BCUT2D eigenvalue weighted by Crippen LogP contribution is -2.22. The number of rotatable bonds is 4. The molecule has 0 fully saturated rings. The van der Waals surface area contributed by atoms with Crippen molar-refractivity contribution in [3.8, 4) is 0 Å². The topological polar surface area (TPSA) is 16.1 Å². The molecule has 1 unspecified atom stereocenters. The van der Waals surface area contributed by atoms with Crippen LogP contribution in [0.4, 0.5) is 0 Å². The lowest BCUT2D eigenvalue weighted by Gasteiger charge is -2.25. The summed E-state index contributed by atoms with van der Waals surface area (Å²) in [4.78, 5) is 6.40. The van der Waals surface area contributed by atoms with Gasteiger partial charge in [0.15, 0.2) is 0 Å². The van der Waals surface area contributed by atoms with Crippen LogP contribution in [0.15, 0.2) is 48.8 Å². The highest BCUT2D eigenvalue weighted by Gasteiger charge is 2.14. The lowest BCUT2D eigenvalue weighted by atomic mass is 10.1. The minimum Gasteiger partial charge on any atom is -0.295 e. The maximum Gasteiger partial charge on any atom is 0.0453 e. The van der Waals surface area contributed by atoms with Gasteiger partial charge >= 0.3 is 0 Å². The number of aromatic nitrogens is 1. The molecule has 18 heavy (non-hydrogen) atoms. The number of halogens is 1. The van der Waals surface area contributed by atoms with Crippen LogP contribution in [-0.2, 0) is 6.54 Å². The predicted molar refractivity (Wildman–Crippen MR) is 75.6 cm³/mol. The monoisotopic (exact) mass is 260 g/mol. The highest BCUT2D eigenvalue weighted by Crippen LogP contribution is 2.26. The molecule has 2 rings (SSSR count). The molecule has 0 bridgehead atoms. The molecule has 0 saturated heterocycles. The van der Waals surface area contributed by atoms with Crippen molar-refractivity contribution >= 4 is 11.6 Å². The van der Waals surface area contributed by atoms with Gasteiger partial charge in [-0.15, -0.1) is 0 Å². The summed E-state index contributed by atoms with van der Waals surface area (Å²) in [7, 11) is 2.10. The summed E-state index contributed by atoms with van der Waals surface area (Å²) in [5.41, 5.74) is 2.37. The van der Waals surface area contributed by atoms with Crippen LogP contribution in [0, 0.1) is 0 Å². The van der Waals surface area contributed by atoms with Crippen molar-refractivity contribution in [1.29, 1.82) is 0 Å². The number of pyridine rings is 1. The molecule has 2 aromatic rings. The van der Waals surface area contributed by atoms with Gasteiger partial charge in [0.05, 0.1) is 0 Å². The molecule has 1 atom stereocenters. The van der Waals surface area contributed by atoms with Crippen molar-refractivity contribution in [3.05, 3.63) is 64.9 Å². The minimum atomic E-state index is 0.277. The highest BCUT2D eigenvalue weighted by molar-refractivity contribution is 6.31. The summed E-state index contributed by atoms with van der Waals surface area (Å²) in [6, 6.07) is 12.3. The van der Waals surface area contributed by atoms with E-state index in [1.165, 1.54) is 5.56 Å². The third-order valence-electron chi connectivity index (χ3n) is 3.17. The van der Waals surface area contributed by atoms with E-state index in [0.29, 0.717) is 0 Å². The van der Waals surface area contributed by atoms with Gasteiger partial charge in [0.1, 0.15) is 0 Å². The Morgan fingerprint density at radius 1 is 1.22 bits per heavy atom. The van der Waals surface area contributed by atoms with Gasteiger partial charge in [-0.3, -0.25) is 9.88 Å². The molecule has 0 N–H and O–H groups in total. The summed E-state index contributed by atoms with van der Waals surface area (Å²) in [6.45, 7) is 3.03. The third kappa shape index (κ3) is 3.09. The maximum absolute atomic E-state index is 6.23. The van der Waals surface area contributed by atoms with Gasteiger partial charge in [-0.2, -0.15) is 0 Å². The van der Waals surface area contributed by atoms with E-state index in [2.05, 4.69) is 36.0 Å². The van der Waals surface area contributed by atoms with Crippen molar-refractivity contribution in [2.45, 2.75) is 19.5 Å². The van der Waals surface area contributed by atoms with E-state index in [-0.39, 0.29) is 6.04 Å². The molecule has 0 aliphatic rings. The van der Waals surface area contributed by atoms with Crippen molar-refractivity contribution in [2.24, 2.45) is 0 Å². The van der Waals surface area contributed by atoms with Crippen LogP contribution >= 0.6 is 11.6 Å². The maximum atomic E-state index is 6.23. The fourth-order valence-corrected chi connectivity index (χ4v) is 2.26. The van der Waals surface area contributed by atoms with Gasteiger partial charge in [0, 0.05) is 30.0 Å². The van der Waals surface area contributed by atoms with Crippen LogP contribution in [0.25, 0.3) is 0 Å². The molecular formula is C15H17ClN2. The second kappa shape index (κ2) is 5.98. The smallest absolute Gasteiger partial charge is 0.0453 e. The second-order valence-electron chi connectivity index (χ2n) is 4.47. The summed E-state index contributed by atoms with van der Waals surface area (Å²) in [5.74, 6) is 0. The van der Waals surface area contributed by atoms with Gasteiger partial charge < -0.3 is 0 Å². The predicted octanol–water partition coefficient (Wildman–Crippen LogP) is 3.93. The summed E-state index contributed by atoms with van der Waals surface area (Å²) >= 11 is 6.23. The molecule has 0 saturated carbocycles. The van der Waals surface area contributed by atoms with Gasteiger partial charge in [-0.1, -0.05) is 35.9 Å². The first-order chi connectivity index (χ1) is 8.68. The Labute approximate surface area is 113 Å². The van der Waals surface area contributed by atoms with E-state index in [4.69, 9.17) is 11.6 Å². The largest absolute Gasteiger partial charge is 0.295 e. The van der Waals surface area contributed by atoms with Gasteiger partial charge in [0.25, 0.3) is 0 Å². The molecular weight excluding hydrogens is 244 g/mol. The van der Waals surface area contributed by atoms with Crippen LogP contribution in [-0.4, -0.2) is 16.9 Å². The van der Waals surface area contributed by atoms with Crippen molar-refractivity contribution < 1.29 is 0 Å². The molecule has 0 radical (unpaired) electrons. The first-order valence-corrected chi connectivity index (χ1v) is 6.40. The normalized spacial score (nSPS) is 12.7. The Morgan fingerprint density at radius 2 is 2.00 bits per heavy atom. The first kappa shape index (κ1) is 13.1. The lowest BCUT2D eigenvalue weighted by molar-refractivity contribution is 0.253. The van der Waals surface area contributed by atoms with Crippen LogP contribution in [0.2, 0.25) is 5.02 Å². The molecule has 3 heteroatoms. The van der Waals surface area contributed by atoms with Crippen molar-refractivity contribution in [3.63, 3.8) is 0 Å². The zero-order chi connectivity index (χ0) is 13.0. The van der Waals surface area contributed by atoms with Gasteiger partial charge in [0.2, 0.25) is 0 Å². The zero-order valence-corrected chi connectivity index (χ0v) is 11.4. The summed E-state index contributed by atoms with van der Waals surface area (Å²) in [6.07, 6.45) is 3.69. The Hall–Kier alpha value is -1.38. The quantitative estimate of drug-likeness (QED) is 0.828. The van der Waals surface area contributed by atoms with E-state index < -0.39 is 0 Å². The molecule has 1 heterocycles. The van der Waals surface area contributed by atoms with Gasteiger partial charge in [-0.25, -0.2) is 0 Å². The SMILES string of the molecule is CC(c1ccccc1Cl)N(C)Cc1cccnc1. The number of benzene rings is 1. The second-order valence-corrected chi connectivity index (χ2v) is 4.88. The minimum absolute atomic E-state index is 0.277. The average Bonchev–Trinajstić information content (AvgIpc) is 2.39. The summed E-state index contributed by atoms with van der Waals surface area (Å²) in [5, 5.41) is 0.822. The standard InChI is InChI=1S/C15H17ClN2/c1-12(14-7-3-4-8-15(14)16)18(2)11-13-6-5-9-17-10-13/h3-10,12H,11H2,1-2H3. The van der Waals surface area contributed by atoms with E-state index >= 15 is 0 Å². The molecule has 94 valence electrons. The molecule has 1 aromatic carbocycles. The average molecular weight is 261 g/mol. The van der Waals surface area contributed by atoms with Gasteiger partial charge in [-0.05, 0) is 37.2 Å². The fourth-order valence-electron chi connectivity index (χ4n) is 1.97. The fraction of sp³-hybridized carbons (Fsp3) is 0.267.